The van der Waals surface area contributed by atoms with E-state index in [4.69, 9.17) is 4.42 Å². The number of carbonyl (C=O) groups is 1. The number of pyridine rings is 1. The highest BCUT2D eigenvalue weighted by Crippen LogP contribution is 2.12. The van der Waals surface area contributed by atoms with Gasteiger partial charge < -0.3 is 15.1 Å². The van der Waals surface area contributed by atoms with Crippen molar-refractivity contribution in [2.45, 2.75) is 6.92 Å². The second kappa shape index (κ2) is 4.69. The summed E-state index contributed by atoms with van der Waals surface area (Å²) in [7, 11) is 1.78. The van der Waals surface area contributed by atoms with Crippen molar-refractivity contribution in [2.24, 2.45) is 0 Å². The van der Waals surface area contributed by atoms with E-state index in [1.54, 1.807) is 44.4 Å². The Labute approximate surface area is 98.9 Å². The third-order valence-corrected chi connectivity index (χ3v) is 2.24. The zero-order valence-corrected chi connectivity index (χ0v) is 9.65. The van der Waals surface area contributed by atoms with E-state index in [0.717, 1.165) is 5.82 Å². The summed E-state index contributed by atoms with van der Waals surface area (Å²) < 4.78 is 5.22. The summed E-state index contributed by atoms with van der Waals surface area (Å²) in [5.41, 5.74) is 0.628. The molecule has 2 aromatic heterocycles. The predicted octanol–water partition coefficient (Wildman–Crippen LogP) is 2.28. The van der Waals surface area contributed by atoms with Crippen molar-refractivity contribution in [3.63, 3.8) is 0 Å². The number of amides is 1. The second-order valence-electron chi connectivity index (χ2n) is 3.55. The maximum atomic E-state index is 11.7. The van der Waals surface area contributed by atoms with Gasteiger partial charge in [0.15, 0.2) is 5.76 Å². The van der Waals surface area contributed by atoms with Crippen molar-refractivity contribution in [1.29, 1.82) is 0 Å². The van der Waals surface area contributed by atoms with Crippen molar-refractivity contribution < 1.29 is 9.21 Å². The maximum absolute atomic E-state index is 11.7. The molecule has 2 N–H and O–H groups in total. The van der Waals surface area contributed by atoms with E-state index in [2.05, 4.69) is 15.6 Å². The lowest BCUT2D eigenvalue weighted by atomic mass is 10.3. The third-order valence-electron chi connectivity index (χ3n) is 2.24. The van der Waals surface area contributed by atoms with Gasteiger partial charge in [-0.05, 0) is 31.2 Å². The maximum Gasteiger partial charge on any atom is 0.291 e. The number of anilines is 2. The molecule has 0 saturated heterocycles. The summed E-state index contributed by atoms with van der Waals surface area (Å²) in [5.74, 6) is 1.47. The van der Waals surface area contributed by atoms with Crippen LogP contribution < -0.4 is 10.6 Å². The smallest absolute Gasteiger partial charge is 0.291 e. The fourth-order valence-corrected chi connectivity index (χ4v) is 1.36. The Balaban J connectivity index is 2.07. The zero-order chi connectivity index (χ0) is 12.3. The molecule has 2 heterocycles. The second-order valence-corrected chi connectivity index (χ2v) is 3.55. The molecular weight excluding hydrogens is 218 g/mol. The fourth-order valence-electron chi connectivity index (χ4n) is 1.36. The first-order valence-electron chi connectivity index (χ1n) is 5.20. The predicted molar refractivity (Wildman–Crippen MR) is 65.2 cm³/mol. The molecule has 17 heavy (non-hydrogen) atoms. The van der Waals surface area contributed by atoms with Crippen LogP contribution in [0.15, 0.2) is 34.9 Å². The molecule has 0 aromatic carbocycles. The van der Waals surface area contributed by atoms with Crippen molar-refractivity contribution in [1.82, 2.24) is 4.98 Å². The van der Waals surface area contributed by atoms with Gasteiger partial charge in [0.25, 0.3) is 5.91 Å². The summed E-state index contributed by atoms with van der Waals surface area (Å²) >= 11 is 0. The molecule has 0 aliphatic rings. The Morgan fingerprint density at radius 2 is 2.12 bits per heavy atom. The van der Waals surface area contributed by atoms with E-state index in [0.29, 0.717) is 17.2 Å². The first-order valence-corrected chi connectivity index (χ1v) is 5.20. The van der Waals surface area contributed by atoms with E-state index in [9.17, 15) is 4.79 Å². The number of aromatic nitrogens is 1. The average molecular weight is 231 g/mol. The van der Waals surface area contributed by atoms with Gasteiger partial charge in [0.1, 0.15) is 11.6 Å². The van der Waals surface area contributed by atoms with E-state index < -0.39 is 0 Å². The number of nitrogens with zero attached hydrogens (tertiary/aromatic N) is 1. The summed E-state index contributed by atoms with van der Waals surface area (Å²) in [6.07, 6.45) is 1.58. The van der Waals surface area contributed by atoms with Gasteiger partial charge in [-0.3, -0.25) is 4.79 Å². The van der Waals surface area contributed by atoms with Gasteiger partial charge in [-0.25, -0.2) is 4.98 Å². The molecular formula is C12H13N3O2. The molecule has 0 atom stereocenters. The van der Waals surface area contributed by atoms with Gasteiger partial charge in [-0.2, -0.15) is 0 Å². The molecule has 2 aromatic rings. The highest BCUT2D eigenvalue weighted by atomic mass is 16.3. The number of carbonyl (C=O) groups excluding carboxylic acids is 1. The standard InChI is InChI=1S/C12H13N3O2/c1-8-3-5-10(17-8)12(16)15-9-4-6-11(13-2)14-7-9/h3-7H,1-2H3,(H,13,14)(H,15,16). The molecule has 0 saturated carbocycles. The first kappa shape index (κ1) is 11.2. The lowest BCUT2D eigenvalue weighted by Gasteiger charge is -2.03. The van der Waals surface area contributed by atoms with Gasteiger partial charge in [0, 0.05) is 7.05 Å². The lowest BCUT2D eigenvalue weighted by Crippen LogP contribution is -2.11. The van der Waals surface area contributed by atoms with Crippen LogP contribution in [0.25, 0.3) is 0 Å². The highest BCUT2D eigenvalue weighted by Gasteiger charge is 2.09. The Bertz CT molecular complexity index is 517. The SMILES string of the molecule is CNc1ccc(NC(=O)c2ccc(C)o2)cn1. The number of hydrogen-bond acceptors (Lipinski definition) is 4. The van der Waals surface area contributed by atoms with E-state index in [1.807, 2.05) is 0 Å². The first-order chi connectivity index (χ1) is 8.19. The number of nitrogens with one attached hydrogen (secondary N) is 2. The molecule has 0 spiro atoms. The Morgan fingerprint density at radius 1 is 1.29 bits per heavy atom. The number of aryl methyl sites for hydroxylation is 1. The van der Waals surface area contributed by atoms with Crippen LogP contribution in [0.2, 0.25) is 0 Å². The molecule has 0 bridgehead atoms. The van der Waals surface area contributed by atoms with E-state index >= 15 is 0 Å². The van der Waals surface area contributed by atoms with Crippen LogP contribution in [-0.2, 0) is 0 Å². The van der Waals surface area contributed by atoms with Crippen molar-refractivity contribution in [3.8, 4) is 0 Å². The van der Waals surface area contributed by atoms with Crippen LogP contribution in [0.1, 0.15) is 16.3 Å². The molecule has 88 valence electrons. The monoisotopic (exact) mass is 231 g/mol. The van der Waals surface area contributed by atoms with E-state index in [1.165, 1.54) is 0 Å². The fraction of sp³-hybridized carbons (Fsp3) is 0.167. The summed E-state index contributed by atoms with van der Waals surface area (Å²) in [4.78, 5) is 15.8. The largest absolute Gasteiger partial charge is 0.456 e. The zero-order valence-electron chi connectivity index (χ0n) is 9.65. The van der Waals surface area contributed by atoms with E-state index in [-0.39, 0.29) is 5.91 Å². The molecule has 0 unspecified atom stereocenters. The van der Waals surface area contributed by atoms with Crippen LogP contribution in [0.3, 0.4) is 0 Å². The van der Waals surface area contributed by atoms with Crippen LogP contribution in [-0.4, -0.2) is 17.9 Å². The lowest BCUT2D eigenvalue weighted by molar-refractivity contribution is 0.0995. The van der Waals surface area contributed by atoms with Crippen LogP contribution in [0, 0.1) is 6.92 Å². The third kappa shape index (κ3) is 2.63. The Hall–Kier alpha value is -2.30. The van der Waals surface area contributed by atoms with Crippen LogP contribution in [0.5, 0.6) is 0 Å². The van der Waals surface area contributed by atoms with Crippen LogP contribution >= 0.6 is 0 Å². The number of hydrogen-bond donors (Lipinski definition) is 2. The molecule has 2 rings (SSSR count). The topological polar surface area (TPSA) is 67.2 Å². The minimum Gasteiger partial charge on any atom is -0.456 e. The van der Waals surface area contributed by atoms with Crippen molar-refractivity contribution in [3.05, 3.63) is 42.0 Å². The molecule has 5 nitrogen and oxygen atoms in total. The molecule has 0 aliphatic carbocycles. The van der Waals surface area contributed by atoms with Crippen molar-refractivity contribution >= 4 is 17.4 Å². The Morgan fingerprint density at radius 3 is 2.65 bits per heavy atom. The van der Waals surface area contributed by atoms with Gasteiger partial charge in [0.05, 0.1) is 11.9 Å². The number of furan rings is 1. The summed E-state index contributed by atoms with van der Waals surface area (Å²) in [6, 6.07) is 6.94. The molecule has 0 radical (unpaired) electrons. The Kier molecular flexibility index (Phi) is 3.09. The van der Waals surface area contributed by atoms with Crippen LogP contribution in [0.4, 0.5) is 11.5 Å². The summed E-state index contributed by atoms with van der Waals surface area (Å²) in [6.45, 7) is 1.79. The number of rotatable bonds is 3. The van der Waals surface area contributed by atoms with Gasteiger partial charge in [-0.1, -0.05) is 0 Å². The minimum atomic E-state index is -0.280. The summed E-state index contributed by atoms with van der Waals surface area (Å²) in [5, 5.41) is 5.60. The van der Waals surface area contributed by atoms with Crippen molar-refractivity contribution in [2.75, 3.05) is 17.7 Å². The quantitative estimate of drug-likeness (QED) is 0.850. The highest BCUT2D eigenvalue weighted by molar-refractivity contribution is 6.02. The molecule has 1 amide bonds. The van der Waals surface area contributed by atoms with Gasteiger partial charge in [0.2, 0.25) is 0 Å². The average Bonchev–Trinajstić information content (AvgIpc) is 2.77. The minimum absolute atomic E-state index is 0.280. The van der Waals surface area contributed by atoms with Gasteiger partial charge in [-0.15, -0.1) is 0 Å². The molecule has 0 fully saturated rings. The molecule has 0 aliphatic heterocycles. The van der Waals surface area contributed by atoms with Gasteiger partial charge >= 0.3 is 0 Å². The normalized spacial score (nSPS) is 10.0. The molecule has 5 heteroatoms.